The second-order valence-corrected chi connectivity index (χ2v) is 11.4. The fraction of sp³-hybridized carbons (Fsp3) is 0.176. The monoisotopic (exact) mass is 861 g/mol. The van der Waals surface area contributed by atoms with E-state index in [1.54, 1.807) is 32.9 Å². The summed E-state index contributed by atoms with van der Waals surface area (Å²) >= 11 is 0. The summed E-state index contributed by atoms with van der Waals surface area (Å²) in [4.78, 5) is 83.7. The molecule has 0 aliphatic carbocycles. The number of nitrogens with zero attached hydrogens (tertiary/aromatic N) is 9. The van der Waals surface area contributed by atoms with Gasteiger partial charge >= 0.3 is 12.1 Å². The normalized spacial score (nSPS) is 9.90. The Morgan fingerprint density at radius 2 is 1.13 bits per heavy atom. The summed E-state index contributed by atoms with van der Waals surface area (Å²) in [6, 6.07) is 13.3. The highest BCUT2D eigenvalue weighted by Crippen LogP contribution is 2.32. The second-order valence-electron chi connectivity index (χ2n) is 11.4. The summed E-state index contributed by atoms with van der Waals surface area (Å²) in [7, 11) is 0. The van der Waals surface area contributed by atoms with Gasteiger partial charge in [-0.1, -0.05) is 12.1 Å². The number of hydrogen-bond acceptors (Lipinski definition) is 17. The molecule has 1 N–H and O–H groups in total. The van der Waals surface area contributed by atoms with Gasteiger partial charge in [-0.25, -0.2) is 9.78 Å². The lowest BCUT2D eigenvalue weighted by Crippen LogP contribution is -2.05. The first-order valence-corrected chi connectivity index (χ1v) is 16.1. The fourth-order valence-corrected chi connectivity index (χ4v) is 3.98. The van der Waals surface area contributed by atoms with Gasteiger partial charge < -0.3 is 5.11 Å². The van der Waals surface area contributed by atoms with Crippen LogP contribution in [-0.4, -0.2) is 55.7 Å². The van der Waals surface area contributed by atoms with Crippen molar-refractivity contribution in [1.82, 2.24) is 15.0 Å². The van der Waals surface area contributed by atoms with E-state index in [9.17, 15) is 78.7 Å². The Bertz CT molecular complexity index is 2340. The number of aromatic carboxylic acids is 1. The van der Waals surface area contributed by atoms with Crippen molar-refractivity contribution in [3.8, 4) is 5.75 Å². The van der Waals surface area contributed by atoms with Crippen LogP contribution in [0.5, 0.6) is 5.75 Å². The first-order chi connectivity index (χ1) is 28.3. The minimum Gasteiger partial charge on any atom is -0.478 e. The third-order valence-corrected chi connectivity index (χ3v) is 7.08. The summed E-state index contributed by atoms with van der Waals surface area (Å²) in [5, 5.41) is 69.0. The molecular weight excluding hydrogens is 831 g/mol. The van der Waals surface area contributed by atoms with E-state index in [1.165, 1.54) is 50.5 Å². The molecule has 0 unspecified atom stereocenters. The van der Waals surface area contributed by atoms with E-state index in [0.29, 0.717) is 17.3 Å². The minimum atomic E-state index is -4.54. The van der Waals surface area contributed by atoms with Crippen LogP contribution in [0.4, 0.5) is 41.6 Å². The molecule has 0 saturated carbocycles. The molecule has 3 heterocycles. The molecule has 2 aromatic carbocycles. The van der Waals surface area contributed by atoms with Crippen molar-refractivity contribution in [2.45, 2.75) is 40.8 Å². The number of halogens is 3. The van der Waals surface area contributed by atoms with Crippen LogP contribution in [0, 0.1) is 95.3 Å². The zero-order valence-electron chi connectivity index (χ0n) is 31.9. The average molecular weight is 862 g/mol. The number of benzene rings is 2. The summed E-state index contributed by atoms with van der Waals surface area (Å²) < 4.78 is 36.4. The number of carboxylic acid groups (broad SMARTS) is 1. The Morgan fingerprint density at radius 1 is 0.607 bits per heavy atom. The zero-order valence-corrected chi connectivity index (χ0v) is 31.9. The number of nitro benzene ring substituents is 2. The molecule has 0 fully saturated rings. The Kier molecular flexibility index (Phi) is 18.9. The third kappa shape index (κ3) is 17.2. The van der Waals surface area contributed by atoms with Crippen LogP contribution >= 0.6 is 0 Å². The largest absolute Gasteiger partial charge is 0.478 e. The van der Waals surface area contributed by atoms with Crippen molar-refractivity contribution in [1.29, 1.82) is 0 Å². The molecule has 0 radical (unpaired) electrons. The van der Waals surface area contributed by atoms with Crippen LogP contribution in [0.15, 0.2) is 85.3 Å². The van der Waals surface area contributed by atoms with E-state index in [4.69, 9.17) is 5.11 Å². The molecule has 0 aliphatic rings. The van der Waals surface area contributed by atoms with Gasteiger partial charge in [0.25, 0.3) is 33.5 Å². The number of carbonyl (C=O) groups is 1. The van der Waals surface area contributed by atoms with Gasteiger partial charge in [0.2, 0.25) is 0 Å². The molecule has 0 spiro atoms. The van der Waals surface area contributed by atoms with E-state index in [-0.39, 0.29) is 45.3 Å². The molecule has 0 aliphatic heterocycles. The van der Waals surface area contributed by atoms with Crippen LogP contribution in [0.2, 0.25) is 0 Å². The number of nitro groups is 5. The van der Waals surface area contributed by atoms with E-state index in [0.717, 1.165) is 36.2 Å². The van der Waals surface area contributed by atoms with Crippen molar-refractivity contribution >= 4 is 34.4 Å². The Morgan fingerprint density at radius 3 is 1.56 bits per heavy atom. The number of carboxylic acids is 1. The molecule has 0 bridgehead atoms. The molecule has 322 valence electrons. The molecule has 27 heteroatoms. The minimum absolute atomic E-state index is 0.0718. The molecule has 24 nitrogen and oxygen atoms in total. The van der Waals surface area contributed by atoms with Gasteiger partial charge in [0.05, 0.1) is 48.0 Å². The Balaban J connectivity index is 0.000000383. The SMILES string of the molecule is Cc1ccc(C(=O)O)cc1[N+](=O)[O-].Cc1ccc(C(F)(F)F)cc1[N+](=O)[O-].Cc1ccc(O[N+](=O)[O-])cn1.Cc1ncc([N+](=O)[O-])cc1[N+](=O)[O-].Cc1ncccc1[N+](=O)[O-]. The third-order valence-electron chi connectivity index (χ3n) is 7.08. The first-order valence-electron chi connectivity index (χ1n) is 16.1. The highest BCUT2D eigenvalue weighted by atomic mass is 19.4. The summed E-state index contributed by atoms with van der Waals surface area (Å²) in [6.45, 7) is 7.76. The van der Waals surface area contributed by atoms with Crippen LogP contribution in [0.25, 0.3) is 0 Å². The maximum Gasteiger partial charge on any atom is 0.416 e. The first kappa shape index (κ1) is 50.4. The predicted molar refractivity (Wildman–Crippen MR) is 202 cm³/mol. The quantitative estimate of drug-likeness (QED) is 0.114. The van der Waals surface area contributed by atoms with Crippen molar-refractivity contribution < 1.29 is 57.6 Å². The van der Waals surface area contributed by atoms with E-state index in [2.05, 4.69) is 19.8 Å². The number of hydrogen-bond donors (Lipinski definition) is 1. The van der Waals surface area contributed by atoms with Gasteiger partial charge in [-0.05, 0) is 65.0 Å². The standard InChI is InChI=1S/C8H6F3NO2.C8H7NO4.C6H5N3O4.C6H6N2O3.C6H6N2O2/c1-5-2-3-6(8(9,10)11)4-7(5)12(13)14;1-5-2-3-6(8(10)11)4-7(5)9(12)13;1-4-6(9(12)13)2-5(3-7-4)8(10)11;1-5-2-3-6(4-7-5)11-8(9)10;1-5-6(8(9)10)3-2-4-7-5/h2-4H,1H3;2-4H,1H3,(H,10,11);2-3H,1H3;2-4H,1H3;2-4H,1H3. The number of aryl methyl sites for hydroxylation is 5. The summed E-state index contributed by atoms with van der Waals surface area (Å²) in [6.07, 6.45) is -0.721. The van der Waals surface area contributed by atoms with Crippen LogP contribution < -0.4 is 4.84 Å². The predicted octanol–water partition coefficient (Wildman–Crippen LogP) is 7.99. The van der Waals surface area contributed by atoms with Gasteiger partial charge in [-0.15, -0.1) is 10.1 Å². The summed E-state index contributed by atoms with van der Waals surface area (Å²) in [5.41, 5.74) is -0.331. The maximum absolute atomic E-state index is 12.1. The smallest absolute Gasteiger partial charge is 0.416 e. The molecule has 61 heavy (non-hydrogen) atoms. The van der Waals surface area contributed by atoms with Gasteiger partial charge in [-0.3, -0.25) is 65.4 Å². The maximum atomic E-state index is 12.1. The van der Waals surface area contributed by atoms with E-state index < -0.39 is 53.1 Å². The number of alkyl halides is 3. The Labute approximate surface area is 338 Å². The molecule has 0 saturated heterocycles. The molecular formula is C34H30F3N9O15. The van der Waals surface area contributed by atoms with Gasteiger partial charge in [0.1, 0.15) is 23.3 Å². The van der Waals surface area contributed by atoms with Crippen molar-refractivity contribution in [3.05, 3.63) is 185 Å². The molecule has 5 rings (SSSR count). The van der Waals surface area contributed by atoms with Gasteiger partial charge in [-0.2, -0.15) is 13.2 Å². The van der Waals surface area contributed by atoms with Crippen molar-refractivity contribution in [2.24, 2.45) is 0 Å². The zero-order chi connectivity index (χ0) is 46.8. The van der Waals surface area contributed by atoms with E-state index >= 15 is 0 Å². The average Bonchev–Trinajstić information content (AvgIpc) is 3.16. The van der Waals surface area contributed by atoms with Crippen molar-refractivity contribution in [3.63, 3.8) is 0 Å². The fourth-order valence-electron chi connectivity index (χ4n) is 3.98. The number of aromatic nitrogens is 3. The molecule has 5 aromatic rings. The molecule has 3 aromatic heterocycles. The number of pyridine rings is 3. The lowest BCUT2D eigenvalue weighted by atomic mass is 10.1. The van der Waals surface area contributed by atoms with E-state index in [1.807, 2.05) is 0 Å². The van der Waals surface area contributed by atoms with Gasteiger partial charge in [0.15, 0.2) is 0 Å². The van der Waals surface area contributed by atoms with Crippen LogP contribution in [0.1, 0.15) is 44.1 Å². The Hall–Kier alpha value is -8.65. The highest BCUT2D eigenvalue weighted by Gasteiger charge is 2.32. The lowest BCUT2D eigenvalue weighted by Gasteiger charge is -2.06. The summed E-state index contributed by atoms with van der Waals surface area (Å²) in [5.74, 6) is -1.02. The second kappa shape index (κ2) is 22.9. The highest BCUT2D eigenvalue weighted by molar-refractivity contribution is 5.88. The molecule has 0 amide bonds. The topological polar surface area (TPSA) is 344 Å². The van der Waals surface area contributed by atoms with Gasteiger partial charge in [0, 0.05) is 41.2 Å². The lowest BCUT2D eigenvalue weighted by molar-refractivity contribution is -0.711. The number of rotatable bonds is 8. The van der Waals surface area contributed by atoms with Crippen LogP contribution in [-0.2, 0) is 6.18 Å². The van der Waals surface area contributed by atoms with Crippen molar-refractivity contribution in [2.75, 3.05) is 0 Å². The van der Waals surface area contributed by atoms with Crippen LogP contribution in [0.3, 0.4) is 0 Å². The molecule has 0 atom stereocenters.